The van der Waals surface area contributed by atoms with E-state index in [4.69, 9.17) is 5.73 Å². The van der Waals surface area contributed by atoms with Gasteiger partial charge in [0.05, 0.1) is 6.10 Å². The Bertz CT molecular complexity index is 92.2. The molecule has 0 saturated carbocycles. The minimum Gasteiger partial charge on any atom is -0.390 e. The topological polar surface area (TPSA) is 49.5 Å². The predicted octanol–water partition coefficient (Wildman–Crippen LogP) is -0.601. The maximum Gasteiger partial charge on any atom is 0.0818 e. The lowest BCUT2D eigenvalue weighted by atomic mass is 9.97. The van der Waals surface area contributed by atoms with Crippen molar-refractivity contribution in [1.82, 2.24) is 4.90 Å². The number of likely N-dealkylation sites (tertiary alicyclic amines) is 1. The lowest BCUT2D eigenvalue weighted by Crippen LogP contribution is -2.52. The molecular weight excluding hydrogens is 128 g/mol. The summed E-state index contributed by atoms with van der Waals surface area (Å²) in [5.41, 5.74) is 5.65. The maximum atomic E-state index is 9.30. The molecule has 10 heavy (non-hydrogen) atoms. The molecule has 0 spiro atoms. The lowest BCUT2D eigenvalue weighted by Gasteiger charge is -2.36. The van der Waals surface area contributed by atoms with Crippen LogP contribution in [0.3, 0.4) is 0 Å². The lowest BCUT2D eigenvalue weighted by molar-refractivity contribution is 0.0397. The fourth-order valence-electron chi connectivity index (χ4n) is 1.34. The number of rotatable bonds is 0. The molecule has 1 aliphatic heterocycles. The third-order valence-electron chi connectivity index (χ3n) is 2.33. The first-order valence-electron chi connectivity index (χ1n) is 3.75. The summed E-state index contributed by atoms with van der Waals surface area (Å²) in [5.74, 6) is 0. The van der Waals surface area contributed by atoms with Crippen LogP contribution >= 0.6 is 0 Å². The van der Waals surface area contributed by atoms with Crippen molar-refractivity contribution in [2.45, 2.75) is 31.5 Å². The standard InChI is InChI=1S/C7H16N2O/c1-5-3-6(8)7(10)4-9(5)2/h5-7,10H,3-4,8H2,1-2H3. The Labute approximate surface area is 61.8 Å². The predicted molar refractivity (Wildman–Crippen MR) is 40.7 cm³/mol. The normalized spacial score (nSPS) is 43.8. The molecule has 0 amide bonds. The fraction of sp³-hybridized carbons (Fsp3) is 1.00. The van der Waals surface area contributed by atoms with Crippen molar-refractivity contribution in [3.8, 4) is 0 Å². The van der Waals surface area contributed by atoms with Crippen LogP contribution in [-0.4, -0.2) is 41.8 Å². The summed E-state index contributed by atoms with van der Waals surface area (Å²) in [4.78, 5) is 2.13. The number of likely N-dealkylation sites (N-methyl/N-ethyl adjacent to an activating group) is 1. The Balaban J connectivity index is 2.46. The molecular formula is C7H16N2O. The van der Waals surface area contributed by atoms with Crippen LogP contribution in [0.1, 0.15) is 13.3 Å². The molecule has 1 heterocycles. The van der Waals surface area contributed by atoms with Gasteiger partial charge in [0, 0.05) is 18.6 Å². The van der Waals surface area contributed by atoms with Crippen LogP contribution in [0.15, 0.2) is 0 Å². The van der Waals surface area contributed by atoms with Crippen molar-refractivity contribution in [2.75, 3.05) is 13.6 Å². The molecule has 1 saturated heterocycles. The first-order chi connectivity index (χ1) is 4.61. The largest absolute Gasteiger partial charge is 0.390 e. The zero-order valence-electron chi connectivity index (χ0n) is 6.62. The van der Waals surface area contributed by atoms with Crippen molar-refractivity contribution < 1.29 is 5.11 Å². The van der Waals surface area contributed by atoms with E-state index in [1.807, 2.05) is 7.05 Å². The molecule has 0 aromatic heterocycles. The van der Waals surface area contributed by atoms with E-state index in [-0.39, 0.29) is 12.1 Å². The van der Waals surface area contributed by atoms with Crippen molar-refractivity contribution >= 4 is 0 Å². The average molecular weight is 144 g/mol. The zero-order chi connectivity index (χ0) is 7.72. The highest BCUT2D eigenvalue weighted by molar-refractivity contribution is 4.85. The average Bonchev–Trinajstić information content (AvgIpc) is 1.84. The second-order valence-corrected chi connectivity index (χ2v) is 3.26. The Morgan fingerprint density at radius 1 is 1.60 bits per heavy atom. The van der Waals surface area contributed by atoms with Gasteiger partial charge in [-0.2, -0.15) is 0 Å². The zero-order valence-corrected chi connectivity index (χ0v) is 6.62. The molecule has 60 valence electrons. The number of aliphatic hydroxyl groups is 1. The van der Waals surface area contributed by atoms with Gasteiger partial charge in [-0.15, -0.1) is 0 Å². The Morgan fingerprint density at radius 3 is 2.70 bits per heavy atom. The quantitative estimate of drug-likeness (QED) is 0.477. The Morgan fingerprint density at radius 2 is 2.20 bits per heavy atom. The van der Waals surface area contributed by atoms with Crippen molar-refractivity contribution in [1.29, 1.82) is 0 Å². The number of hydrogen-bond donors (Lipinski definition) is 2. The molecule has 0 aliphatic carbocycles. The van der Waals surface area contributed by atoms with Gasteiger partial charge >= 0.3 is 0 Å². The van der Waals surface area contributed by atoms with E-state index < -0.39 is 0 Å². The maximum absolute atomic E-state index is 9.30. The van der Waals surface area contributed by atoms with Crippen molar-refractivity contribution in [3.05, 3.63) is 0 Å². The number of nitrogens with two attached hydrogens (primary N) is 1. The van der Waals surface area contributed by atoms with E-state index in [2.05, 4.69) is 11.8 Å². The van der Waals surface area contributed by atoms with Gasteiger partial charge in [-0.1, -0.05) is 0 Å². The van der Waals surface area contributed by atoms with Gasteiger partial charge in [-0.25, -0.2) is 0 Å². The van der Waals surface area contributed by atoms with Crippen LogP contribution in [0.4, 0.5) is 0 Å². The van der Waals surface area contributed by atoms with E-state index >= 15 is 0 Å². The molecule has 3 nitrogen and oxygen atoms in total. The fourth-order valence-corrected chi connectivity index (χ4v) is 1.34. The van der Waals surface area contributed by atoms with Gasteiger partial charge in [0.25, 0.3) is 0 Å². The molecule has 3 atom stereocenters. The molecule has 3 heteroatoms. The summed E-state index contributed by atoms with van der Waals surface area (Å²) in [6.07, 6.45) is 0.568. The van der Waals surface area contributed by atoms with E-state index in [1.165, 1.54) is 0 Å². The molecule has 3 unspecified atom stereocenters. The van der Waals surface area contributed by atoms with Crippen LogP contribution < -0.4 is 5.73 Å². The third-order valence-corrected chi connectivity index (χ3v) is 2.33. The van der Waals surface area contributed by atoms with Gasteiger partial charge < -0.3 is 15.7 Å². The van der Waals surface area contributed by atoms with Gasteiger partial charge in [0.2, 0.25) is 0 Å². The SMILES string of the molecule is CC1CC(N)C(O)CN1C. The van der Waals surface area contributed by atoms with Crippen molar-refractivity contribution in [2.24, 2.45) is 5.73 Å². The minimum absolute atomic E-state index is 0.0220. The van der Waals surface area contributed by atoms with Crippen LogP contribution in [0.2, 0.25) is 0 Å². The first kappa shape index (κ1) is 7.98. The van der Waals surface area contributed by atoms with Crippen LogP contribution in [0.25, 0.3) is 0 Å². The monoisotopic (exact) mass is 144 g/mol. The summed E-state index contributed by atoms with van der Waals surface area (Å²) < 4.78 is 0. The summed E-state index contributed by atoms with van der Waals surface area (Å²) >= 11 is 0. The molecule has 3 N–H and O–H groups in total. The highest BCUT2D eigenvalue weighted by Crippen LogP contribution is 2.13. The molecule has 0 bridgehead atoms. The van der Waals surface area contributed by atoms with Gasteiger partial charge in [-0.3, -0.25) is 0 Å². The Kier molecular flexibility index (Phi) is 2.28. The number of aliphatic hydroxyl groups excluding tert-OH is 1. The highest BCUT2D eigenvalue weighted by Gasteiger charge is 2.27. The van der Waals surface area contributed by atoms with Gasteiger partial charge in [0.1, 0.15) is 0 Å². The van der Waals surface area contributed by atoms with E-state index in [0.717, 1.165) is 6.42 Å². The molecule has 0 aromatic rings. The van der Waals surface area contributed by atoms with E-state index in [0.29, 0.717) is 12.6 Å². The number of β-amino-alcohol motifs (C(OH)–C–C–N with tert-alkyl or cyclic N) is 1. The third kappa shape index (κ3) is 1.48. The smallest absolute Gasteiger partial charge is 0.0818 e. The van der Waals surface area contributed by atoms with Crippen LogP contribution in [0.5, 0.6) is 0 Å². The minimum atomic E-state index is -0.332. The van der Waals surface area contributed by atoms with Crippen LogP contribution in [0, 0.1) is 0 Å². The molecule has 1 fully saturated rings. The summed E-state index contributed by atoms with van der Waals surface area (Å²) in [6.45, 7) is 2.84. The van der Waals surface area contributed by atoms with Gasteiger partial charge in [0.15, 0.2) is 0 Å². The molecule has 0 aromatic carbocycles. The highest BCUT2D eigenvalue weighted by atomic mass is 16.3. The number of nitrogens with zero attached hydrogens (tertiary/aromatic N) is 1. The summed E-state index contributed by atoms with van der Waals surface area (Å²) in [6, 6.07) is 0.490. The van der Waals surface area contributed by atoms with Crippen LogP contribution in [-0.2, 0) is 0 Å². The van der Waals surface area contributed by atoms with Gasteiger partial charge in [-0.05, 0) is 20.4 Å². The molecule has 1 aliphatic rings. The van der Waals surface area contributed by atoms with E-state index in [1.54, 1.807) is 0 Å². The number of hydrogen-bond acceptors (Lipinski definition) is 3. The van der Waals surface area contributed by atoms with E-state index in [9.17, 15) is 5.11 Å². The van der Waals surface area contributed by atoms with Crippen molar-refractivity contribution in [3.63, 3.8) is 0 Å². The number of piperidine rings is 1. The second kappa shape index (κ2) is 2.86. The summed E-state index contributed by atoms with van der Waals surface area (Å²) in [7, 11) is 2.01. The summed E-state index contributed by atoms with van der Waals surface area (Å²) in [5, 5.41) is 9.30. The first-order valence-corrected chi connectivity index (χ1v) is 3.75. The second-order valence-electron chi connectivity index (χ2n) is 3.26. The molecule has 0 radical (unpaired) electrons. The Hall–Kier alpha value is -0.120. The molecule has 1 rings (SSSR count).